The summed E-state index contributed by atoms with van der Waals surface area (Å²) in [6.45, 7) is 1.14. The Kier molecular flexibility index (Phi) is 3.34. The summed E-state index contributed by atoms with van der Waals surface area (Å²) >= 11 is 0. The quantitative estimate of drug-likeness (QED) is 0.844. The first-order valence-electron chi connectivity index (χ1n) is 7.19. The zero-order valence-electron chi connectivity index (χ0n) is 10.6. The van der Waals surface area contributed by atoms with Crippen LogP contribution in [0.4, 0.5) is 5.95 Å². The van der Waals surface area contributed by atoms with Gasteiger partial charge in [0.1, 0.15) is 0 Å². The lowest BCUT2D eigenvalue weighted by molar-refractivity contribution is 0.324. The molecule has 1 heterocycles. The van der Waals surface area contributed by atoms with Gasteiger partial charge in [-0.15, -0.1) is 0 Å². The van der Waals surface area contributed by atoms with Crippen LogP contribution in [0.1, 0.15) is 51.4 Å². The van der Waals surface area contributed by atoms with Crippen molar-refractivity contribution in [2.24, 2.45) is 5.92 Å². The lowest BCUT2D eigenvalue weighted by Gasteiger charge is -2.21. The third-order valence-corrected chi connectivity index (χ3v) is 4.13. The van der Waals surface area contributed by atoms with E-state index in [9.17, 15) is 0 Å². The van der Waals surface area contributed by atoms with Crippen LogP contribution in [-0.2, 0) is 6.54 Å². The molecule has 1 aromatic rings. The molecule has 17 heavy (non-hydrogen) atoms. The fourth-order valence-corrected chi connectivity index (χ4v) is 2.84. The molecular weight excluding hydrogens is 210 g/mol. The third-order valence-electron chi connectivity index (χ3n) is 4.13. The maximum absolute atomic E-state index is 4.41. The Bertz CT molecular complexity index is 348. The van der Waals surface area contributed by atoms with Crippen LogP contribution in [0.3, 0.4) is 0 Å². The van der Waals surface area contributed by atoms with Crippen molar-refractivity contribution < 1.29 is 0 Å². The summed E-state index contributed by atoms with van der Waals surface area (Å²) in [5, 5.41) is 3.50. The van der Waals surface area contributed by atoms with Gasteiger partial charge in [-0.25, -0.2) is 4.98 Å². The van der Waals surface area contributed by atoms with Gasteiger partial charge in [0.25, 0.3) is 0 Å². The first-order chi connectivity index (χ1) is 8.42. The van der Waals surface area contributed by atoms with E-state index in [-0.39, 0.29) is 0 Å². The summed E-state index contributed by atoms with van der Waals surface area (Å²) in [6, 6.07) is 0.700. The maximum atomic E-state index is 4.41. The molecule has 0 bridgehead atoms. The first-order valence-corrected chi connectivity index (χ1v) is 7.19. The van der Waals surface area contributed by atoms with E-state index < -0.39 is 0 Å². The molecule has 0 spiro atoms. The summed E-state index contributed by atoms with van der Waals surface area (Å²) in [5.41, 5.74) is 0. The van der Waals surface area contributed by atoms with E-state index in [1.165, 1.54) is 51.4 Å². The second-order valence-corrected chi connectivity index (χ2v) is 5.66. The number of rotatable bonds is 5. The number of aryl methyl sites for hydroxylation is 1. The maximum Gasteiger partial charge on any atom is 0.202 e. The highest BCUT2D eigenvalue weighted by atomic mass is 15.2. The molecule has 0 atom stereocenters. The lowest BCUT2D eigenvalue weighted by atomic mass is 9.87. The van der Waals surface area contributed by atoms with Crippen molar-refractivity contribution in [2.75, 3.05) is 5.32 Å². The molecule has 3 heteroatoms. The van der Waals surface area contributed by atoms with Crippen molar-refractivity contribution >= 4 is 5.95 Å². The minimum atomic E-state index is 0.700. The van der Waals surface area contributed by atoms with Crippen LogP contribution in [-0.4, -0.2) is 15.6 Å². The van der Waals surface area contributed by atoms with Gasteiger partial charge in [0.15, 0.2) is 0 Å². The highest BCUT2D eigenvalue weighted by Gasteiger charge is 2.22. The summed E-state index contributed by atoms with van der Waals surface area (Å²) in [6.07, 6.45) is 15.2. The average Bonchev–Trinajstić information content (AvgIpc) is 3.07. The van der Waals surface area contributed by atoms with Crippen LogP contribution in [0.2, 0.25) is 0 Å². The van der Waals surface area contributed by atoms with Gasteiger partial charge in [-0.2, -0.15) is 0 Å². The molecule has 2 fully saturated rings. The largest absolute Gasteiger partial charge is 0.353 e. The molecule has 0 aliphatic heterocycles. The summed E-state index contributed by atoms with van der Waals surface area (Å²) in [7, 11) is 0. The number of nitrogens with one attached hydrogen (secondary N) is 1. The normalized spacial score (nSPS) is 21.6. The monoisotopic (exact) mass is 233 g/mol. The minimum Gasteiger partial charge on any atom is -0.353 e. The van der Waals surface area contributed by atoms with E-state index in [2.05, 4.69) is 21.1 Å². The second kappa shape index (κ2) is 5.11. The van der Waals surface area contributed by atoms with Crippen LogP contribution in [0, 0.1) is 5.92 Å². The van der Waals surface area contributed by atoms with Gasteiger partial charge in [-0.05, 0) is 25.2 Å². The van der Waals surface area contributed by atoms with Gasteiger partial charge in [0.2, 0.25) is 5.95 Å². The van der Waals surface area contributed by atoms with E-state index in [1.807, 2.05) is 6.20 Å². The van der Waals surface area contributed by atoms with Crippen LogP contribution in [0.5, 0.6) is 0 Å². The van der Waals surface area contributed by atoms with Crippen LogP contribution < -0.4 is 5.32 Å². The fraction of sp³-hybridized carbons (Fsp3) is 0.786. The van der Waals surface area contributed by atoms with Crippen LogP contribution in [0.15, 0.2) is 12.4 Å². The summed E-state index contributed by atoms with van der Waals surface area (Å²) in [5.74, 6) is 2.04. The molecule has 2 saturated carbocycles. The minimum absolute atomic E-state index is 0.700. The van der Waals surface area contributed by atoms with Gasteiger partial charge in [-0.1, -0.05) is 32.1 Å². The molecule has 0 aromatic carbocycles. The highest BCUT2D eigenvalue weighted by Crippen LogP contribution is 2.28. The zero-order chi connectivity index (χ0) is 11.5. The van der Waals surface area contributed by atoms with E-state index in [1.54, 1.807) is 0 Å². The van der Waals surface area contributed by atoms with E-state index in [0.717, 1.165) is 18.4 Å². The molecule has 0 radical (unpaired) electrons. The first kappa shape index (κ1) is 11.1. The SMILES string of the molecule is c1cn(CCC2CCCCC2)c(NC2CC2)n1. The standard InChI is InChI=1S/C14H23N3/c1-2-4-12(5-3-1)8-10-17-11-9-15-14(17)16-13-6-7-13/h9,11-13H,1-8,10H2,(H,15,16). The van der Waals surface area contributed by atoms with Crippen molar-refractivity contribution in [1.29, 1.82) is 0 Å². The average molecular weight is 233 g/mol. The number of hydrogen-bond acceptors (Lipinski definition) is 2. The molecule has 0 saturated heterocycles. The molecule has 3 rings (SSSR count). The molecule has 3 nitrogen and oxygen atoms in total. The zero-order valence-corrected chi connectivity index (χ0v) is 10.6. The van der Waals surface area contributed by atoms with Crippen molar-refractivity contribution in [3.05, 3.63) is 12.4 Å². The second-order valence-electron chi connectivity index (χ2n) is 5.66. The number of hydrogen-bond donors (Lipinski definition) is 1. The van der Waals surface area contributed by atoms with Gasteiger partial charge in [0, 0.05) is 25.0 Å². The van der Waals surface area contributed by atoms with Crippen molar-refractivity contribution in [1.82, 2.24) is 9.55 Å². The van der Waals surface area contributed by atoms with E-state index in [0.29, 0.717) is 6.04 Å². The van der Waals surface area contributed by atoms with Gasteiger partial charge < -0.3 is 9.88 Å². The van der Waals surface area contributed by atoms with E-state index >= 15 is 0 Å². The Balaban J connectivity index is 1.51. The molecule has 0 amide bonds. The molecule has 0 unspecified atom stereocenters. The number of aromatic nitrogens is 2. The lowest BCUT2D eigenvalue weighted by Crippen LogP contribution is -2.13. The fourth-order valence-electron chi connectivity index (χ4n) is 2.84. The molecule has 1 aromatic heterocycles. The Hall–Kier alpha value is -0.990. The molecule has 1 N–H and O–H groups in total. The van der Waals surface area contributed by atoms with Crippen molar-refractivity contribution in [2.45, 2.75) is 64.0 Å². The highest BCUT2D eigenvalue weighted by molar-refractivity contribution is 5.29. The van der Waals surface area contributed by atoms with Crippen molar-refractivity contribution in [3.8, 4) is 0 Å². The molecule has 94 valence electrons. The Morgan fingerprint density at radius 1 is 1.18 bits per heavy atom. The Morgan fingerprint density at radius 3 is 2.76 bits per heavy atom. The Labute approximate surface area is 104 Å². The smallest absolute Gasteiger partial charge is 0.202 e. The molecular formula is C14H23N3. The van der Waals surface area contributed by atoms with E-state index in [4.69, 9.17) is 0 Å². The summed E-state index contributed by atoms with van der Waals surface area (Å²) in [4.78, 5) is 4.41. The predicted molar refractivity (Wildman–Crippen MR) is 70.1 cm³/mol. The van der Waals surface area contributed by atoms with Gasteiger partial charge in [0.05, 0.1) is 0 Å². The van der Waals surface area contributed by atoms with Gasteiger partial charge in [-0.3, -0.25) is 0 Å². The van der Waals surface area contributed by atoms with Gasteiger partial charge >= 0.3 is 0 Å². The summed E-state index contributed by atoms with van der Waals surface area (Å²) < 4.78 is 2.30. The van der Waals surface area contributed by atoms with Crippen molar-refractivity contribution in [3.63, 3.8) is 0 Å². The number of anilines is 1. The number of imidazole rings is 1. The molecule has 2 aliphatic carbocycles. The topological polar surface area (TPSA) is 29.9 Å². The van der Waals surface area contributed by atoms with Crippen LogP contribution >= 0.6 is 0 Å². The van der Waals surface area contributed by atoms with Crippen LogP contribution in [0.25, 0.3) is 0 Å². The number of nitrogens with zero attached hydrogens (tertiary/aromatic N) is 2. The third kappa shape index (κ3) is 3.02. The molecule has 2 aliphatic rings. The predicted octanol–water partition coefficient (Wildman–Crippen LogP) is 3.43. The Morgan fingerprint density at radius 2 is 2.00 bits per heavy atom.